The number of nitrogens with zero attached hydrogens (tertiary/aromatic N) is 2. The Kier molecular flexibility index (Phi) is 13.7. The first-order chi connectivity index (χ1) is 24.0. The summed E-state index contributed by atoms with van der Waals surface area (Å²) >= 11 is 0. The smallest absolute Gasteiger partial charge is 0.328 e. The number of allylic oxidation sites excluding steroid dienone is 2. The Bertz CT molecular complexity index is 1480. The topological polar surface area (TPSA) is 204 Å². The van der Waals surface area contributed by atoms with Gasteiger partial charge < -0.3 is 40.9 Å². The van der Waals surface area contributed by atoms with Crippen LogP contribution in [0.4, 0.5) is 0 Å². The molecule has 0 radical (unpaired) electrons. The van der Waals surface area contributed by atoms with Crippen LogP contribution in [0.25, 0.3) is 0 Å². The Balaban J connectivity index is 1.61. The number of ether oxygens (including phenoxy) is 1. The molecule has 3 fully saturated rings. The van der Waals surface area contributed by atoms with E-state index in [-0.39, 0.29) is 26.1 Å². The first kappa shape index (κ1) is 37.8. The zero-order chi connectivity index (χ0) is 36.2. The summed E-state index contributed by atoms with van der Waals surface area (Å²) in [6, 6.07) is 2.41. The van der Waals surface area contributed by atoms with Gasteiger partial charge in [-0.05, 0) is 51.5 Å². The minimum absolute atomic E-state index is 0.0412. The number of benzene rings is 1. The van der Waals surface area contributed by atoms with Crippen molar-refractivity contribution < 1.29 is 43.4 Å². The molecule has 3 aliphatic heterocycles. The van der Waals surface area contributed by atoms with Crippen LogP contribution in [-0.4, -0.2) is 119 Å². The second-order valence-electron chi connectivity index (χ2n) is 12.6. The number of fused-ring (bicyclic) bond motifs is 2. The molecule has 3 heterocycles. The molecule has 270 valence electrons. The van der Waals surface area contributed by atoms with E-state index < -0.39 is 84.3 Å². The third kappa shape index (κ3) is 10.00. The number of cyclic esters (lactones) is 1. The summed E-state index contributed by atoms with van der Waals surface area (Å²) in [6.07, 6.45) is 8.02. The molecule has 6 amide bonds. The van der Waals surface area contributed by atoms with Gasteiger partial charge in [0, 0.05) is 32.2 Å². The molecule has 0 unspecified atom stereocenters. The van der Waals surface area contributed by atoms with Crippen molar-refractivity contribution in [2.45, 2.75) is 88.6 Å². The van der Waals surface area contributed by atoms with Gasteiger partial charge in [-0.15, -0.1) is 0 Å². The van der Waals surface area contributed by atoms with E-state index in [1.54, 1.807) is 42.5 Å². The van der Waals surface area contributed by atoms with E-state index in [2.05, 4.69) is 21.3 Å². The van der Waals surface area contributed by atoms with Gasteiger partial charge >= 0.3 is 5.97 Å². The molecule has 15 heteroatoms. The molecule has 15 nitrogen and oxygen atoms in total. The summed E-state index contributed by atoms with van der Waals surface area (Å²) in [5, 5.41) is 19.5. The molecule has 3 saturated heterocycles. The number of amides is 6. The van der Waals surface area contributed by atoms with Crippen LogP contribution < -0.4 is 21.3 Å². The first-order valence-corrected chi connectivity index (χ1v) is 17.0. The van der Waals surface area contributed by atoms with Gasteiger partial charge in [0.2, 0.25) is 35.4 Å². The van der Waals surface area contributed by atoms with Gasteiger partial charge in [0.15, 0.2) is 0 Å². The number of rotatable bonds is 9. The molecule has 0 saturated carbocycles. The van der Waals surface area contributed by atoms with Gasteiger partial charge in [-0.25, -0.2) is 4.79 Å². The highest BCUT2D eigenvalue weighted by molar-refractivity contribution is 5.98. The van der Waals surface area contributed by atoms with E-state index in [0.29, 0.717) is 32.1 Å². The van der Waals surface area contributed by atoms with Crippen LogP contribution in [-0.2, 0) is 44.7 Å². The maximum absolute atomic E-state index is 14.1. The summed E-state index contributed by atoms with van der Waals surface area (Å²) in [4.78, 5) is 96.3. The van der Waals surface area contributed by atoms with Crippen molar-refractivity contribution >= 4 is 41.4 Å². The maximum Gasteiger partial charge on any atom is 0.328 e. The first-order valence-electron chi connectivity index (χ1n) is 17.0. The maximum atomic E-state index is 14.1. The predicted octanol–water partition coefficient (Wildman–Crippen LogP) is -0.758. The largest absolute Gasteiger partial charge is 0.461 e. The molecule has 0 aromatic heterocycles. The van der Waals surface area contributed by atoms with Crippen molar-refractivity contribution in [3.8, 4) is 0 Å². The van der Waals surface area contributed by atoms with Gasteiger partial charge in [0.25, 0.3) is 0 Å². The summed E-state index contributed by atoms with van der Waals surface area (Å²) in [7, 11) is 0. The van der Waals surface area contributed by atoms with Crippen molar-refractivity contribution in [2.75, 3.05) is 26.3 Å². The highest BCUT2D eigenvalue weighted by atomic mass is 16.5. The summed E-state index contributed by atoms with van der Waals surface area (Å²) in [6.45, 7) is 2.77. The van der Waals surface area contributed by atoms with Gasteiger partial charge in [-0.1, -0.05) is 48.6 Å². The Hall–Kier alpha value is -5.05. The molecular weight excluding hydrogens is 648 g/mol. The van der Waals surface area contributed by atoms with Gasteiger partial charge in [0.05, 0.1) is 0 Å². The Morgan fingerprint density at radius 3 is 2.28 bits per heavy atom. The lowest BCUT2D eigenvalue weighted by atomic mass is 10.0. The standard InChI is InChI=1S/C35H46N6O9/c1-22-30(44)37-23(2)33(47)41-18-11-15-28(41)35(49)50-21-26(34(48)40-17-10-14-27(40)32(46)36-22)39-31(45)25(20-24-12-6-5-7-13-24)38-29(43)16-8-3-4-9-19-42/h3-8,12-13,16,22-23,25-28,42H,9-11,14-15,17-21H2,1-2H3,(H,36,46)(H,37,44)(H,38,43)(H,39,45)/b4-3+,16-8+/t22-,23-,25-,26-,27-,28-/m0/s1. The Morgan fingerprint density at radius 2 is 1.58 bits per heavy atom. The molecule has 6 atom stereocenters. The van der Waals surface area contributed by atoms with Crippen LogP contribution in [0.1, 0.15) is 51.5 Å². The van der Waals surface area contributed by atoms with Gasteiger partial charge in [-0.2, -0.15) is 0 Å². The van der Waals surface area contributed by atoms with E-state index in [0.717, 1.165) is 5.56 Å². The number of aliphatic hydroxyl groups excluding tert-OH is 1. The van der Waals surface area contributed by atoms with Crippen LogP contribution in [0.15, 0.2) is 54.6 Å². The number of esters is 1. The van der Waals surface area contributed by atoms with E-state index in [1.807, 2.05) is 0 Å². The average Bonchev–Trinajstić information content (AvgIpc) is 3.80. The monoisotopic (exact) mass is 694 g/mol. The van der Waals surface area contributed by atoms with Crippen molar-refractivity contribution in [3.05, 3.63) is 60.2 Å². The summed E-state index contributed by atoms with van der Waals surface area (Å²) in [5.74, 6) is -4.45. The molecule has 0 aliphatic carbocycles. The molecule has 50 heavy (non-hydrogen) atoms. The molecule has 4 rings (SSSR count). The van der Waals surface area contributed by atoms with Crippen LogP contribution in [0.2, 0.25) is 0 Å². The number of carbonyl (C=O) groups excluding carboxylic acids is 7. The van der Waals surface area contributed by atoms with E-state index in [4.69, 9.17) is 9.84 Å². The van der Waals surface area contributed by atoms with E-state index >= 15 is 0 Å². The van der Waals surface area contributed by atoms with Gasteiger partial charge in [-0.3, -0.25) is 28.8 Å². The minimum Gasteiger partial charge on any atom is -0.461 e. The molecule has 3 aliphatic rings. The summed E-state index contributed by atoms with van der Waals surface area (Å²) in [5.41, 5.74) is 0.727. The Morgan fingerprint density at radius 1 is 0.920 bits per heavy atom. The van der Waals surface area contributed by atoms with Crippen molar-refractivity contribution in [1.82, 2.24) is 31.1 Å². The fourth-order valence-corrected chi connectivity index (χ4v) is 6.18. The third-order valence-corrected chi connectivity index (χ3v) is 8.84. The number of aliphatic hydroxyl groups is 1. The molecular formula is C35H46N6O9. The van der Waals surface area contributed by atoms with Crippen LogP contribution in [0, 0.1) is 0 Å². The van der Waals surface area contributed by atoms with Crippen molar-refractivity contribution in [3.63, 3.8) is 0 Å². The van der Waals surface area contributed by atoms with Crippen LogP contribution in [0.3, 0.4) is 0 Å². The van der Waals surface area contributed by atoms with Crippen molar-refractivity contribution in [1.29, 1.82) is 0 Å². The number of hydrogen-bond donors (Lipinski definition) is 5. The molecule has 1 aromatic carbocycles. The second-order valence-corrected chi connectivity index (χ2v) is 12.6. The Labute approximate surface area is 290 Å². The molecule has 0 bridgehead atoms. The molecule has 5 N–H and O–H groups in total. The van der Waals surface area contributed by atoms with Crippen LogP contribution >= 0.6 is 0 Å². The minimum atomic E-state index is -1.44. The van der Waals surface area contributed by atoms with Crippen molar-refractivity contribution in [2.24, 2.45) is 0 Å². The highest BCUT2D eigenvalue weighted by Crippen LogP contribution is 2.22. The van der Waals surface area contributed by atoms with E-state index in [9.17, 15) is 33.6 Å². The second kappa shape index (κ2) is 18.1. The SMILES string of the molecule is C[C@@H]1NC(=O)[C@@H]2CCCN2C(=O)[C@@H](NC(=O)[C@H](Cc2ccccc2)NC(=O)/C=C/C=C/CCO)COC(=O)[C@@H]2CCCN2C(=O)[C@H](C)NC1=O. The number of hydrogen-bond acceptors (Lipinski definition) is 9. The number of nitrogens with one attached hydrogen (secondary N) is 4. The number of carbonyl (C=O) groups is 7. The average molecular weight is 695 g/mol. The lowest BCUT2D eigenvalue weighted by Gasteiger charge is -2.31. The lowest BCUT2D eigenvalue weighted by molar-refractivity contribution is -0.157. The fraction of sp³-hybridized carbons (Fsp3) is 0.514. The lowest BCUT2D eigenvalue weighted by Crippen LogP contribution is -2.60. The molecule has 1 aromatic rings. The highest BCUT2D eigenvalue weighted by Gasteiger charge is 2.42. The van der Waals surface area contributed by atoms with Crippen LogP contribution in [0.5, 0.6) is 0 Å². The normalized spacial score (nSPS) is 25.9. The van der Waals surface area contributed by atoms with Gasteiger partial charge in [0.1, 0.15) is 42.9 Å². The fourth-order valence-electron chi connectivity index (χ4n) is 6.18. The molecule has 0 spiro atoms. The summed E-state index contributed by atoms with van der Waals surface area (Å²) < 4.78 is 5.60. The third-order valence-electron chi connectivity index (χ3n) is 8.84. The quantitative estimate of drug-likeness (QED) is 0.125. The zero-order valence-corrected chi connectivity index (χ0v) is 28.3. The predicted molar refractivity (Wildman–Crippen MR) is 180 cm³/mol. The van der Waals surface area contributed by atoms with E-state index in [1.165, 1.54) is 35.8 Å². The zero-order valence-electron chi connectivity index (χ0n) is 28.3.